The quantitative estimate of drug-likeness (QED) is 0.00887. The number of aromatic nitrogens is 6. The van der Waals surface area contributed by atoms with Gasteiger partial charge in [-0.25, -0.2) is 5.26 Å². The van der Waals surface area contributed by atoms with Crippen molar-refractivity contribution in [2.24, 2.45) is 15.2 Å². The number of anilines is 4. The molecule has 0 bridgehead atoms. The predicted octanol–water partition coefficient (Wildman–Crippen LogP) is 9.57. The van der Waals surface area contributed by atoms with Gasteiger partial charge in [-0.05, 0) is 102 Å². The summed E-state index contributed by atoms with van der Waals surface area (Å²) in [6.07, 6.45) is 9.42. The zero-order valence-corrected chi connectivity index (χ0v) is 31.0. The molecule has 53 heavy (non-hydrogen) atoms. The second kappa shape index (κ2) is 20.7. The molecule has 4 N–H and O–H groups in total. The molecule has 3 aromatic carbocycles. The number of azo groups is 1. The molecule has 0 saturated heterocycles. The van der Waals surface area contributed by atoms with Crippen LogP contribution in [0.5, 0.6) is 5.75 Å². The molecule has 2 heterocycles. The topological polar surface area (TPSA) is 225 Å². The number of hydrogen-bond acceptors (Lipinski definition) is 21. The highest BCUT2D eigenvalue weighted by Crippen LogP contribution is 2.41. The van der Waals surface area contributed by atoms with Crippen molar-refractivity contribution < 1.29 is 34.6 Å². The van der Waals surface area contributed by atoms with Gasteiger partial charge in [0.1, 0.15) is 23.7 Å². The van der Waals surface area contributed by atoms with Crippen LogP contribution in [-0.2, 0) is 22.8 Å². The second-order valence-corrected chi connectivity index (χ2v) is 11.8. The fourth-order valence-corrected chi connectivity index (χ4v) is 5.24. The summed E-state index contributed by atoms with van der Waals surface area (Å²) >= 11 is 14.5. The fourth-order valence-electron chi connectivity index (χ4n) is 3.95. The fraction of sp³-hybridized carbons (Fsp3) is 0.0667. The third-order valence-electron chi connectivity index (χ3n) is 5.92. The number of rotatable bonds is 15. The van der Waals surface area contributed by atoms with Crippen molar-refractivity contribution in [3.8, 4) is 18.3 Å². The lowest BCUT2D eigenvalue weighted by Gasteiger charge is -2.11. The molecule has 0 spiro atoms. The van der Waals surface area contributed by atoms with E-state index >= 15 is 0 Å². The van der Waals surface area contributed by atoms with Crippen LogP contribution >= 0.6 is 59.3 Å². The Morgan fingerprint density at radius 2 is 1.68 bits per heavy atom. The van der Waals surface area contributed by atoms with Gasteiger partial charge in [0.25, 0.3) is 18.3 Å². The third-order valence-corrected chi connectivity index (χ3v) is 7.76. The van der Waals surface area contributed by atoms with Gasteiger partial charge in [-0.3, -0.25) is 0 Å². The summed E-state index contributed by atoms with van der Waals surface area (Å²) in [5.41, 5.74) is 2.33. The van der Waals surface area contributed by atoms with Crippen LogP contribution in [0.3, 0.4) is 0 Å². The molecule has 5 aromatic rings. The SMILES string of the molecule is C#COSOOC=C.C=C=Nc1nc(Cl)nc(Nc2ccc3c(O)c(N=Nc4cc(Nc5nc(Cl)nc(SC)n5)ccc4SOOO)c(C)cc3c2)n1.[HH]. The maximum absolute atomic E-state index is 11.2. The van der Waals surface area contributed by atoms with Gasteiger partial charge in [0, 0.05) is 18.2 Å². The third kappa shape index (κ3) is 12.2. The molecular formula is C30H25Cl2N11O7S3. The highest BCUT2D eigenvalue weighted by Gasteiger charge is 2.14. The van der Waals surface area contributed by atoms with Crippen LogP contribution in [-0.4, -0.2) is 52.4 Å². The lowest BCUT2D eigenvalue weighted by molar-refractivity contribution is -0.432. The van der Waals surface area contributed by atoms with Gasteiger partial charge in [0.15, 0.2) is 10.9 Å². The van der Waals surface area contributed by atoms with Gasteiger partial charge in [-0.15, -0.1) is 14.6 Å². The molecule has 0 aliphatic carbocycles. The number of benzene rings is 3. The second-order valence-electron chi connectivity index (χ2n) is 9.20. The number of aromatic hydroxyl groups is 1. The molecule has 0 saturated carbocycles. The van der Waals surface area contributed by atoms with E-state index in [1.807, 2.05) is 18.4 Å². The first-order valence-electron chi connectivity index (χ1n) is 14.0. The first-order valence-corrected chi connectivity index (χ1v) is 17.4. The Hall–Kier alpha value is -5.24. The summed E-state index contributed by atoms with van der Waals surface area (Å²) in [6, 6.07) is 12.0. The Morgan fingerprint density at radius 3 is 2.38 bits per heavy atom. The molecule has 0 amide bonds. The normalized spacial score (nSPS) is 10.5. The van der Waals surface area contributed by atoms with Gasteiger partial charge in [-0.1, -0.05) is 34.1 Å². The Kier molecular flexibility index (Phi) is 15.8. The van der Waals surface area contributed by atoms with Crippen LogP contribution in [0.25, 0.3) is 10.8 Å². The number of aliphatic imine (C=N–C) groups is 1. The molecule has 0 unspecified atom stereocenters. The van der Waals surface area contributed by atoms with Crippen LogP contribution < -0.4 is 10.6 Å². The minimum absolute atomic E-state index is 0. The number of hydrogen-bond donors (Lipinski definition) is 4. The average molecular weight is 819 g/mol. The Labute approximate surface area is 325 Å². The molecule has 5 rings (SSSR count). The van der Waals surface area contributed by atoms with Crippen molar-refractivity contribution in [3.05, 3.63) is 78.0 Å². The summed E-state index contributed by atoms with van der Waals surface area (Å²) in [7, 11) is 0. The van der Waals surface area contributed by atoms with Crippen molar-refractivity contribution >= 4 is 117 Å². The Bertz CT molecular complexity index is 2220. The van der Waals surface area contributed by atoms with E-state index in [2.05, 4.69) is 104 Å². The molecule has 0 fully saturated rings. The van der Waals surface area contributed by atoms with Gasteiger partial charge in [-0.2, -0.15) is 34.9 Å². The van der Waals surface area contributed by atoms with E-state index in [1.54, 1.807) is 43.3 Å². The smallest absolute Gasteiger partial charge is 0.280 e. The maximum atomic E-state index is 11.2. The maximum Gasteiger partial charge on any atom is 0.280 e. The van der Waals surface area contributed by atoms with E-state index in [9.17, 15) is 5.11 Å². The summed E-state index contributed by atoms with van der Waals surface area (Å²) in [5, 5.41) is 40.0. The zero-order chi connectivity index (χ0) is 38.2. The van der Waals surface area contributed by atoms with Crippen LogP contribution in [0.1, 0.15) is 6.99 Å². The monoisotopic (exact) mass is 817 g/mol. The van der Waals surface area contributed by atoms with E-state index in [-0.39, 0.29) is 41.3 Å². The molecule has 0 radical (unpaired) electrons. The highest BCUT2D eigenvalue weighted by atomic mass is 35.5. The van der Waals surface area contributed by atoms with E-state index in [0.29, 0.717) is 67.8 Å². The predicted molar refractivity (Wildman–Crippen MR) is 204 cm³/mol. The van der Waals surface area contributed by atoms with Crippen molar-refractivity contribution in [1.82, 2.24) is 29.9 Å². The number of halogens is 2. The van der Waals surface area contributed by atoms with Gasteiger partial charge in [0.05, 0.1) is 16.9 Å². The standard InChI is InChI=1S/C26H19Cl2N11O4S2.C4H4O3S.H2/c1-4-29-23-32-21(27)33-24(36-23)30-14-5-7-16-13(10-14)9-12(2)19(20(16)40)39-38-17-11-15(6-8-18(17)45-43-42-41)31-25-34-22(28)35-26(37-25)44-3;1-3-5-7-8-6-4-2;/h5-11,40-41H,1H2,2-3H3,(H,30,32,33,36)(H,31,34,35,37);2-3H,1H2;1H. The van der Waals surface area contributed by atoms with E-state index < -0.39 is 0 Å². The number of aryl methyl sites for hydroxylation is 1. The number of phenolic OH excluding ortho intramolecular Hbond substituents is 1. The van der Waals surface area contributed by atoms with Crippen LogP contribution in [0.15, 0.2) is 87.2 Å². The lowest BCUT2D eigenvalue weighted by Crippen LogP contribution is -2.00. The number of phenols is 1. The number of thioether (sulfide) groups is 1. The number of terminal acetylenes is 1. The van der Waals surface area contributed by atoms with Crippen molar-refractivity contribution in [2.75, 3.05) is 16.9 Å². The molecule has 0 aliphatic heterocycles. The van der Waals surface area contributed by atoms with E-state index in [1.165, 1.54) is 11.8 Å². The van der Waals surface area contributed by atoms with Crippen LogP contribution in [0.2, 0.25) is 10.6 Å². The molecule has 23 heteroatoms. The van der Waals surface area contributed by atoms with Gasteiger partial charge in [0.2, 0.25) is 22.5 Å². The minimum atomic E-state index is -0.0889. The van der Waals surface area contributed by atoms with Gasteiger partial charge >= 0.3 is 0 Å². The highest BCUT2D eigenvalue weighted by molar-refractivity contribution is 7.98. The van der Waals surface area contributed by atoms with E-state index in [0.717, 1.165) is 6.26 Å². The van der Waals surface area contributed by atoms with Crippen LogP contribution in [0, 0.1) is 19.5 Å². The molecule has 18 nitrogen and oxygen atoms in total. The lowest BCUT2D eigenvalue weighted by atomic mass is 10.0. The number of nitrogens with one attached hydrogen (secondary N) is 2. The number of nitrogens with zero attached hydrogens (tertiary/aromatic N) is 9. The van der Waals surface area contributed by atoms with Crippen molar-refractivity contribution in [3.63, 3.8) is 0 Å². The average Bonchev–Trinajstić information content (AvgIpc) is 3.13. The number of fused-ring (bicyclic) bond motifs is 1. The summed E-state index contributed by atoms with van der Waals surface area (Å²) in [4.78, 5) is 32.9. The molecule has 274 valence electrons. The van der Waals surface area contributed by atoms with Crippen molar-refractivity contribution in [1.29, 1.82) is 0 Å². The largest absolute Gasteiger partial charge is 0.505 e. The summed E-state index contributed by atoms with van der Waals surface area (Å²) in [5.74, 6) is 2.70. The molecular weight excluding hydrogens is 794 g/mol. The Morgan fingerprint density at radius 1 is 0.962 bits per heavy atom. The molecule has 0 atom stereocenters. The van der Waals surface area contributed by atoms with Crippen LogP contribution in [0.4, 0.5) is 40.6 Å². The molecule has 0 aliphatic rings. The van der Waals surface area contributed by atoms with Crippen molar-refractivity contribution in [2.45, 2.75) is 17.0 Å². The van der Waals surface area contributed by atoms with E-state index in [4.69, 9.17) is 28.5 Å². The minimum Gasteiger partial charge on any atom is -0.505 e. The Balaban J connectivity index is 0.000000784. The summed E-state index contributed by atoms with van der Waals surface area (Å²) < 4.78 is 13.0. The first kappa shape index (κ1) is 40.5. The zero-order valence-electron chi connectivity index (χ0n) is 27.1. The summed E-state index contributed by atoms with van der Waals surface area (Å²) in [6.45, 7) is 8.37. The van der Waals surface area contributed by atoms with Gasteiger partial charge < -0.3 is 24.8 Å². The molecule has 2 aromatic heterocycles. The first-order chi connectivity index (χ1) is 25.7.